The minimum absolute atomic E-state index is 0.0637. The highest BCUT2D eigenvalue weighted by Gasteiger charge is 2.28. The summed E-state index contributed by atoms with van der Waals surface area (Å²) in [5.74, 6) is 0.650. The summed E-state index contributed by atoms with van der Waals surface area (Å²) in [6.07, 6.45) is 3.75. The predicted molar refractivity (Wildman–Crippen MR) is 138 cm³/mol. The Bertz CT molecular complexity index is 1430. The second kappa shape index (κ2) is 9.78. The van der Waals surface area contributed by atoms with E-state index in [-0.39, 0.29) is 18.4 Å². The molecule has 10 heteroatoms. The second-order valence-electron chi connectivity index (χ2n) is 9.55. The Hall–Kier alpha value is -4.05. The first kappa shape index (κ1) is 23.4. The van der Waals surface area contributed by atoms with Crippen LogP contribution in [-0.4, -0.2) is 74.8 Å². The molecule has 0 aliphatic carbocycles. The lowest BCUT2D eigenvalue weighted by Crippen LogP contribution is -2.48. The van der Waals surface area contributed by atoms with E-state index >= 15 is 0 Å². The molecule has 5 heterocycles. The number of hydrogen-bond acceptors (Lipinski definition) is 7. The Morgan fingerprint density at radius 2 is 1.84 bits per heavy atom. The lowest BCUT2D eigenvalue weighted by molar-refractivity contribution is -0.138. The van der Waals surface area contributed by atoms with Crippen LogP contribution in [-0.2, 0) is 4.79 Å². The number of aliphatic carboxylic acids is 1. The summed E-state index contributed by atoms with van der Waals surface area (Å²) in [6, 6.07) is 16.7. The molecule has 0 bridgehead atoms. The highest BCUT2D eigenvalue weighted by atomic mass is 19.1. The van der Waals surface area contributed by atoms with Crippen LogP contribution in [0, 0.1) is 5.82 Å². The van der Waals surface area contributed by atoms with Crippen molar-refractivity contribution in [1.82, 2.24) is 24.5 Å². The zero-order chi connectivity index (χ0) is 25.4. The van der Waals surface area contributed by atoms with Crippen LogP contribution in [0.2, 0.25) is 0 Å². The highest BCUT2D eigenvalue weighted by Crippen LogP contribution is 2.35. The minimum atomic E-state index is -0.802. The molecule has 37 heavy (non-hydrogen) atoms. The molecule has 0 saturated carbocycles. The normalized spacial score (nSPS) is 18.6. The van der Waals surface area contributed by atoms with Crippen LogP contribution in [0.5, 0.6) is 0 Å². The van der Waals surface area contributed by atoms with Crippen molar-refractivity contribution in [3.63, 3.8) is 0 Å². The van der Waals surface area contributed by atoms with Gasteiger partial charge in [-0.3, -0.25) is 9.69 Å². The number of piperazine rings is 1. The number of rotatable bonds is 6. The molecule has 3 aromatic heterocycles. The number of hydrogen-bond donors (Lipinski definition) is 1. The van der Waals surface area contributed by atoms with Gasteiger partial charge < -0.3 is 14.9 Å². The Balaban J connectivity index is 1.27. The maximum Gasteiger partial charge on any atom is 0.317 e. The average molecular weight is 502 g/mol. The summed E-state index contributed by atoms with van der Waals surface area (Å²) in [5, 5.41) is 14.0. The standard InChI is InChI=1S/C27H28FN7O2/c28-20-5-1-4-19(16-20)22-7-3-11-34(22)26-10-9-24-29-17-23(35(24)31-26)21-6-2-8-25(30-21)33-14-12-32(13-15-33)18-27(36)37/h1-2,4-6,8-10,16-17,22H,3,7,11-15,18H2,(H,36,37). The van der Waals surface area contributed by atoms with Crippen LogP contribution in [0.15, 0.2) is 60.8 Å². The molecule has 0 radical (unpaired) electrons. The van der Waals surface area contributed by atoms with Crippen molar-refractivity contribution in [2.75, 3.05) is 49.1 Å². The van der Waals surface area contributed by atoms with Gasteiger partial charge in [0.25, 0.3) is 0 Å². The van der Waals surface area contributed by atoms with E-state index in [0.717, 1.165) is 66.7 Å². The molecule has 0 amide bonds. The van der Waals surface area contributed by atoms with Gasteiger partial charge in [0.1, 0.15) is 23.1 Å². The number of carboxylic acids is 1. The van der Waals surface area contributed by atoms with E-state index in [2.05, 4.69) is 14.8 Å². The summed E-state index contributed by atoms with van der Waals surface area (Å²) in [5.41, 5.74) is 3.26. The highest BCUT2D eigenvalue weighted by molar-refractivity contribution is 5.69. The van der Waals surface area contributed by atoms with Gasteiger partial charge >= 0.3 is 5.97 Å². The van der Waals surface area contributed by atoms with Crippen molar-refractivity contribution in [2.24, 2.45) is 0 Å². The van der Waals surface area contributed by atoms with Crippen molar-refractivity contribution in [3.05, 3.63) is 72.2 Å². The number of imidazole rings is 1. The average Bonchev–Trinajstić information content (AvgIpc) is 3.56. The van der Waals surface area contributed by atoms with Gasteiger partial charge in [-0.15, -0.1) is 5.10 Å². The first-order valence-electron chi connectivity index (χ1n) is 12.6. The zero-order valence-electron chi connectivity index (χ0n) is 20.4. The van der Waals surface area contributed by atoms with Crippen LogP contribution in [0.3, 0.4) is 0 Å². The van der Waals surface area contributed by atoms with Gasteiger partial charge in [0.05, 0.1) is 24.5 Å². The summed E-state index contributed by atoms with van der Waals surface area (Å²) < 4.78 is 15.7. The number of carbonyl (C=O) groups is 1. The van der Waals surface area contributed by atoms with Crippen LogP contribution < -0.4 is 9.80 Å². The molecule has 1 atom stereocenters. The largest absolute Gasteiger partial charge is 0.480 e. The lowest BCUT2D eigenvalue weighted by atomic mass is 10.0. The molecule has 1 aromatic carbocycles. The van der Waals surface area contributed by atoms with Gasteiger partial charge in [0.2, 0.25) is 0 Å². The maximum absolute atomic E-state index is 13.9. The van der Waals surface area contributed by atoms with Crippen molar-refractivity contribution in [2.45, 2.75) is 18.9 Å². The third-order valence-electron chi connectivity index (χ3n) is 7.18. The number of pyridine rings is 1. The van der Waals surface area contributed by atoms with Crippen molar-refractivity contribution in [1.29, 1.82) is 0 Å². The molecule has 6 rings (SSSR count). The summed E-state index contributed by atoms with van der Waals surface area (Å²) >= 11 is 0. The Labute approximate surface area is 213 Å². The SMILES string of the molecule is O=C(O)CN1CCN(c2cccc(-c3cnc4ccc(N5CCCC5c5cccc(F)c5)nn34)n2)CC1. The predicted octanol–water partition coefficient (Wildman–Crippen LogP) is 3.48. The first-order chi connectivity index (χ1) is 18.0. The maximum atomic E-state index is 13.9. The topological polar surface area (TPSA) is 90.1 Å². The third kappa shape index (κ3) is 4.72. The van der Waals surface area contributed by atoms with Gasteiger partial charge in [0.15, 0.2) is 5.65 Å². The van der Waals surface area contributed by atoms with E-state index in [1.807, 2.05) is 45.8 Å². The van der Waals surface area contributed by atoms with Crippen LogP contribution in [0.1, 0.15) is 24.4 Å². The van der Waals surface area contributed by atoms with E-state index in [0.29, 0.717) is 13.1 Å². The van der Waals surface area contributed by atoms with Gasteiger partial charge in [-0.25, -0.2) is 18.9 Å². The zero-order valence-corrected chi connectivity index (χ0v) is 20.4. The van der Waals surface area contributed by atoms with Crippen molar-refractivity contribution >= 4 is 23.3 Å². The number of carboxylic acid groups (broad SMARTS) is 1. The number of aromatic nitrogens is 4. The van der Waals surface area contributed by atoms with E-state index in [9.17, 15) is 9.18 Å². The molecular weight excluding hydrogens is 473 g/mol. The fourth-order valence-corrected chi connectivity index (χ4v) is 5.36. The van der Waals surface area contributed by atoms with E-state index in [4.69, 9.17) is 15.2 Å². The summed E-state index contributed by atoms with van der Waals surface area (Å²) in [6.45, 7) is 3.72. The smallest absolute Gasteiger partial charge is 0.317 e. The van der Waals surface area contributed by atoms with Gasteiger partial charge in [0, 0.05) is 32.7 Å². The molecule has 2 aliphatic rings. The van der Waals surface area contributed by atoms with Gasteiger partial charge in [-0.2, -0.15) is 0 Å². The van der Waals surface area contributed by atoms with Crippen LogP contribution in [0.4, 0.5) is 16.0 Å². The Morgan fingerprint density at radius 3 is 2.65 bits per heavy atom. The molecule has 2 saturated heterocycles. The second-order valence-corrected chi connectivity index (χ2v) is 9.55. The molecule has 190 valence electrons. The molecule has 1 unspecified atom stereocenters. The molecule has 0 spiro atoms. The quantitative estimate of drug-likeness (QED) is 0.430. The molecule has 2 fully saturated rings. The van der Waals surface area contributed by atoms with Crippen molar-refractivity contribution < 1.29 is 14.3 Å². The number of benzene rings is 1. The molecule has 2 aliphatic heterocycles. The molecule has 9 nitrogen and oxygen atoms in total. The molecular formula is C27H28FN7O2. The summed E-state index contributed by atoms with van der Waals surface area (Å²) in [7, 11) is 0. The number of anilines is 2. The Morgan fingerprint density at radius 1 is 1.00 bits per heavy atom. The Kier molecular flexibility index (Phi) is 6.17. The summed E-state index contributed by atoms with van der Waals surface area (Å²) in [4.78, 5) is 26.8. The number of fused-ring (bicyclic) bond motifs is 1. The minimum Gasteiger partial charge on any atom is -0.480 e. The van der Waals surface area contributed by atoms with E-state index in [1.54, 1.807) is 18.3 Å². The van der Waals surface area contributed by atoms with Gasteiger partial charge in [-0.05, 0) is 54.8 Å². The van der Waals surface area contributed by atoms with Gasteiger partial charge in [-0.1, -0.05) is 18.2 Å². The lowest BCUT2D eigenvalue weighted by Gasteiger charge is -2.34. The monoisotopic (exact) mass is 501 g/mol. The van der Waals surface area contributed by atoms with E-state index in [1.165, 1.54) is 6.07 Å². The fourth-order valence-electron chi connectivity index (χ4n) is 5.36. The van der Waals surface area contributed by atoms with Crippen LogP contribution in [0.25, 0.3) is 17.0 Å². The van der Waals surface area contributed by atoms with E-state index < -0.39 is 5.97 Å². The fraction of sp³-hybridized carbons (Fsp3) is 0.333. The molecule has 4 aromatic rings. The first-order valence-corrected chi connectivity index (χ1v) is 12.6. The van der Waals surface area contributed by atoms with Crippen molar-refractivity contribution in [3.8, 4) is 11.4 Å². The number of halogens is 1. The third-order valence-corrected chi connectivity index (χ3v) is 7.18. The molecule has 1 N–H and O–H groups in total. The number of nitrogens with zero attached hydrogens (tertiary/aromatic N) is 7. The van der Waals surface area contributed by atoms with Crippen LogP contribution >= 0.6 is 0 Å².